The predicted octanol–water partition coefficient (Wildman–Crippen LogP) is 5.14. The lowest BCUT2D eigenvalue weighted by Gasteiger charge is -2.48. The second-order valence-electron chi connectivity index (χ2n) is 11.3. The minimum Gasteiger partial charge on any atom is -0.493 e. The van der Waals surface area contributed by atoms with E-state index in [1.807, 2.05) is 0 Å². The van der Waals surface area contributed by atoms with Gasteiger partial charge < -0.3 is 28.1 Å². The highest BCUT2D eigenvalue weighted by Gasteiger charge is 2.59. The molecule has 0 unspecified atom stereocenters. The molecule has 12 nitrogen and oxygen atoms in total. The second kappa shape index (κ2) is 13.2. The summed E-state index contributed by atoms with van der Waals surface area (Å²) >= 11 is 0. The molecule has 1 aliphatic carbocycles. The van der Waals surface area contributed by atoms with Gasteiger partial charge in [0.25, 0.3) is 0 Å². The van der Waals surface area contributed by atoms with Gasteiger partial charge in [0.1, 0.15) is 9.79 Å². The topological polar surface area (TPSA) is 180 Å². The summed E-state index contributed by atoms with van der Waals surface area (Å²) < 4.78 is 73.0. The van der Waals surface area contributed by atoms with Gasteiger partial charge in [0.2, 0.25) is 0 Å². The smallest absolute Gasteiger partial charge is 0.339 e. The summed E-state index contributed by atoms with van der Waals surface area (Å²) in [7, 11) is -5.96. The van der Waals surface area contributed by atoms with Gasteiger partial charge in [-0.1, -0.05) is 47.5 Å². The van der Waals surface area contributed by atoms with E-state index >= 15 is 0 Å². The first kappa shape index (κ1) is 34.3. The van der Waals surface area contributed by atoms with E-state index in [1.165, 1.54) is 74.9 Å². The zero-order chi connectivity index (χ0) is 35.0. The molecule has 2 N–H and O–H groups in total. The van der Waals surface area contributed by atoms with Crippen molar-refractivity contribution in [2.24, 2.45) is 11.8 Å². The van der Waals surface area contributed by atoms with Crippen molar-refractivity contribution in [1.29, 1.82) is 0 Å². The van der Waals surface area contributed by atoms with E-state index < -0.39 is 55.8 Å². The number of carboxylic acid groups (broad SMARTS) is 2. The number of hydrogen-bond donors (Lipinski definition) is 2. The number of ether oxygens (including phenoxy) is 2. The SMILES string of the molecule is COc1cc(C2C(C(=O)O)C(c3ccc(OS(=O)(=O)c4ccc(C)cc4)c(OC)c3)C2C(=O)O)ccc1OS(=O)(=O)c1ccc(C)cc1. The first-order valence-corrected chi connectivity index (χ1v) is 17.3. The molecule has 14 heteroatoms. The number of carboxylic acids is 2. The third-order valence-corrected chi connectivity index (χ3v) is 10.8. The van der Waals surface area contributed by atoms with Crippen LogP contribution < -0.4 is 17.8 Å². The van der Waals surface area contributed by atoms with Crippen LogP contribution in [0.1, 0.15) is 34.1 Å². The van der Waals surface area contributed by atoms with Crippen LogP contribution in [0.5, 0.6) is 23.0 Å². The van der Waals surface area contributed by atoms with Crippen molar-refractivity contribution in [3.63, 3.8) is 0 Å². The molecule has 0 aliphatic heterocycles. The number of hydrogen-bond acceptors (Lipinski definition) is 10. The van der Waals surface area contributed by atoms with Crippen molar-refractivity contribution in [1.82, 2.24) is 0 Å². The van der Waals surface area contributed by atoms with Gasteiger partial charge in [0.05, 0.1) is 26.1 Å². The maximum Gasteiger partial charge on any atom is 0.339 e. The average Bonchev–Trinajstić information content (AvgIpc) is 3.01. The molecule has 0 bridgehead atoms. The van der Waals surface area contributed by atoms with Gasteiger partial charge in [-0.25, -0.2) is 0 Å². The molecule has 0 spiro atoms. The van der Waals surface area contributed by atoms with Gasteiger partial charge in [-0.15, -0.1) is 0 Å². The second-order valence-corrected chi connectivity index (χ2v) is 14.4. The maximum atomic E-state index is 12.9. The first-order valence-electron chi connectivity index (χ1n) is 14.5. The Balaban J connectivity index is 1.46. The van der Waals surface area contributed by atoms with E-state index in [0.29, 0.717) is 0 Å². The lowest BCUT2D eigenvalue weighted by molar-refractivity contribution is -0.159. The molecule has 48 heavy (non-hydrogen) atoms. The predicted molar refractivity (Wildman–Crippen MR) is 172 cm³/mol. The van der Waals surface area contributed by atoms with E-state index in [0.717, 1.165) is 11.1 Å². The lowest BCUT2D eigenvalue weighted by atomic mass is 9.52. The van der Waals surface area contributed by atoms with E-state index in [4.69, 9.17) is 17.8 Å². The summed E-state index contributed by atoms with van der Waals surface area (Å²) in [6.07, 6.45) is 0. The lowest BCUT2D eigenvalue weighted by Crippen LogP contribution is -2.50. The normalized spacial score (nSPS) is 19.1. The Kier molecular flexibility index (Phi) is 9.42. The van der Waals surface area contributed by atoms with Crippen LogP contribution >= 0.6 is 0 Å². The molecular weight excluding hydrogens is 664 g/mol. The van der Waals surface area contributed by atoms with Gasteiger partial charge in [0.15, 0.2) is 23.0 Å². The Morgan fingerprint density at radius 3 is 1.17 bits per heavy atom. The Morgan fingerprint density at radius 2 is 0.875 bits per heavy atom. The first-order chi connectivity index (χ1) is 22.7. The van der Waals surface area contributed by atoms with Crippen LogP contribution in [0.25, 0.3) is 0 Å². The fourth-order valence-electron chi connectivity index (χ4n) is 5.85. The van der Waals surface area contributed by atoms with E-state index in [9.17, 15) is 36.6 Å². The van der Waals surface area contributed by atoms with Crippen molar-refractivity contribution in [2.45, 2.75) is 35.5 Å². The summed E-state index contributed by atoms with van der Waals surface area (Å²) in [5.74, 6) is -7.56. The minimum atomic E-state index is -4.25. The van der Waals surface area contributed by atoms with Crippen molar-refractivity contribution in [3.8, 4) is 23.0 Å². The third kappa shape index (κ3) is 6.66. The molecule has 0 aromatic heterocycles. The number of benzene rings is 4. The summed E-state index contributed by atoms with van der Waals surface area (Å²) in [4.78, 5) is 25.1. The van der Waals surface area contributed by atoms with Crippen LogP contribution in [0.3, 0.4) is 0 Å². The zero-order valence-corrected chi connectivity index (χ0v) is 27.8. The Labute approximate surface area is 277 Å². The zero-order valence-electron chi connectivity index (χ0n) is 26.2. The van der Waals surface area contributed by atoms with E-state index in [2.05, 4.69) is 0 Å². The van der Waals surface area contributed by atoms with Crippen LogP contribution in [0.2, 0.25) is 0 Å². The van der Waals surface area contributed by atoms with Gasteiger partial charge in [0, 0.05) is 11.8 Å². The fraction of sp³-hybridized carbons (Fsp3) is 0.235. The highest BCUT2D eigenvalue weighted by Crippen LogP contribution is 2.59. The van der Waals surface area contributed by atoms with Gasteiger partial charge >= 0.3 is 32.2 Å². The van der Waals surface area contributed by atoms with Crippen molar-refractivity contribution < 1.29 is 54.5 Å². The molecule has 0 saturated heterocycles. The van der Waals surface area contributed by atoms with Crippen LogP contribution in [-0.4, -0.2) is 53.2 Å². The Hall–Kier alpha value is -5.08. The quantitative estimate of drug-likeness (QED) is 0.187. The molecule has 0 heterocycles. The fourth-order valence-corrected chi connectivity index (χ4v) is 7.73. The van der Waals surface area contributed by atoms with Crippen LogP contribution in [0, 0.1) is 25.7 Å². The van der Waals surface area contributed by atoms with Crippen molar-refractivity contribution >= 4 is 32.2 Å². The minimum absolute atomic E-state index is 0.0436. The van der Waals surface area contributed by atoms with E-state index in [1.54, 1.807) is 38.1 Å². The summed E-state index contributed by atoms with van der Waals surface area (Å²) in [6, 6.07) is 20.1. The largest absolute Gasteiger partial charge is 0.493 e. The number of methoxy groups -OCH3 is 2. The average molecular weight is 697 g/mol. The van der Waals surface area contributed by atoms with Crippen molar-refractivity contribution in [2.75, 3.05) is 14.2 Å². The van der Waals surface area contributed by atoms with E-state index in [-0.39, 0.29) is 43.9 Å². The molecule has 0 radical (unpaired) electrons. The monoisotopic (exact) mass is 696 g/mol. The summed E-state index contributed by atoms with van der Waals surface area (Å²) in [6.45, 7) is 3.61. The molecule has 0 amide bonds. The number of aryl methyl sites for hydroxylation is 2. The number of rotatable bonds is 12. The van der Waals surface area contributed by atoms with Gasteiger partial charge in [-0.3, -0.25) is 9.59 Å². The molecule has 1 saturated carbocycles. The van der Waals surface area contributed by atoms with Crippen LogP contribution in [-0.2, 0) is 29.8 Å². The summed E-state index contributed by atoms with van der Waals surface area (Å²) in [5, 5.41) is 20.6. The standard InChI is InChI=1S/C34H32O12S2/c1-19-5-11-23(12-6-19)47(39,40)45-25-15-9-21(17-27(25)43-3)29-31(33(35)36)30(32(29)34(37)38)22-10-16-26(28(18-22)44-4)46-48(41,42)24-13-7-20(2)8-14-24/h5-18,29-32H,1-4H3,(H,35,36)(H,37,38). The third-order valence-electron chi connectivity index (χ3n) is 8.28. The van der Waals surface area contributed by atoms with Gasteiger partial charge in [-0.05, 0) is 73.5 Å². The summed E-state index contributed by atoms with van der Waals surface area (Å²) in [5.41, 5.74) is 2.26. The maximum absolute atomic E-state index is 12.9. The molecule has 5 rings (SSSR count). The highest BCUT2D eigenvalue weighted by atomic mass is 32.2. The van der Waals surface area contributed by atoms with Crippen LogP contribution in [0.4, 0.5) is 0 Å². The highest BCUT2D eigenvalue weighted by molar-refractivity contribution is 7.87. The molecule has 1 aliphatic rings. The molecule has 4 aromatic rings. The molecule has 1 fully saturated rings. The molecule has 0 atom stereocenters. The molecule has 4 aromatic carbocycles. The Morgan fingerprint density at radius 1 is 0.542 bits per heavy atom. The molecule has 252 valence electrons. The number of carbonyl (C=O) groups is 2. The van der Waals surface area contributed by atoms with Crippen LogP contribution in [0.15, 0.2) is 94.7 Å². The number of aliphatic carboxylic acids is 2. The van der Waals surface area contributed by atoms with Crippen molar-refractivity contribution in [3.05, 3.63) is 107 Å². The Bertz CT molecular complexity index is 1910. The van der Waals surface area contributed by atoms with Gasteiger partial charge in [-0.2, -0.15) is 16.8 Å². The molecular formula is C34H32O12S2.